The third-order valence-electron chi connectivity index (χ3n) is 5.84. The van der Waals surface area contributed by atoms with E-state index in [9.17, 15) is 4.79 Å². The smallest absolute Gasteiger partial charge is 0.149 e. The second-order valence-electron chi connectivity index (χ2n) is 7.40. The molecule has 4 saturated carbocycles. The van der Waals surface area contributed by atoms with E-state index >= 15 is 0 Å². The van der Waals surface area contributed by atoms with Gasteiger partial charge in [-0.05, 0) is 68.4 Å². The zero-order chi connectivity index (χ0) is 15.2. The number of hydrogen-bond donors (Lipinski definition) is 0. The van der Waals surface area contributed by atoms with Gasteiger partial charge in [-0.15, -0.1) is 0 Å². The fourth-order valence-electron chi connectivity index (χ4n) is 5.30. The first-order chi connectivity index (χ1) is 10.7. The molecule has 0 radical (unpaired) electrons. The highest BCUT2D eigenvalue weighted by atomic mass is 32.2. The topological polar surface area (TPSA) is 53.8 Å². The lowest BCUT2D eigenvalue weighted by atomic mass is 9.48. The van der Waals surface area contributed by atoms with Gasteiger partial charge >= 0.3 is 0 Å². The van der Waals surface area contributed by atoms with E-state index in [-0.39, 0.29) is 5.41 Å². The minimum atomic E-state index is -0.0193. The number of nitrogens with zero attached hydrogens (tertiary/aromatic N) is 2. The lowest BCUT2D eigenvalue weighted by Crippen LogP contribution is -2.50. The fourth-order valence-corrected chi connectivity index (χ4v) is 6.23. The van der Waals surface area contributed by atoms with Crippen molar-refractivity contribution in [1.82, 2.24) is 4.98 Å². The molecule has 114 valence electrons. The molecule has 5 rings (SSSR count). The SMILES string of the molecule is N#Cc1ccnc(SCC(=O)C23CC4CC(CC(C4)C2)C3)c1. The molecule has 1 aromatic heterocycles. The van der Waals surface area contributed by atoms with E-state index in [1.807, 2.05) is 0 Å². The van der Waals surface area contributed by atoms with E-state index in [0.717, 1.165) is 42.0 Å². The van der Waals surface area contributed by atoms with Crippen LogP contribution in [0.2, 0.25) is 0 Å². The molecule has 0 aliphatic heterocycles. The Balaban J connectivity index is 1.45. The van der Waals surface area contributed by atoms with Gasteiger partial charge in [-0.2, -0.15) is 5.26 Å². The molecular weight excluding hydrogens is 292 g/mol. The van der Waals surface area contributed by atoms with Crippen LogP contribution in [0.15, 0.2) is 23.4 Å². The molecule has 1 aromatic rings. The summed E-state index contributed by atoms with van der Waals surface area (Å²) in [5, 5.41) is 9.73. The van der Waals surface area contributed by atoms with Crippen molar-refractivity contribution in [2.45, 2.75) is 43.6 Å². The van der Waals surface area contributed by atoms with Gasteiger partial charge < -0.3 is 0 Å². The quantitative estimate of drug-likeness (QED) is 0.793. The van der Waals surface area contributed by atoms with Crippen molar-refractivity contribution in [2.75, 3.05) is 5.75 Å². The average Bonchev–Trinajstić information content (AvgIpc) is 2.51. The summed E-state index contributed by atoms with van der Waals surface area (Å²) in [5.74, 6) is 3.36. The first-order valence-corrected chi connectivity index (χ1v) is 9.18. The molecule has 4 aliphatic carbocycles. The lowest BCUT2D eigenvalue weighted by Gasteiger charge is -2.56. The monoisotopic (exact) mass is 312 g/mol. The van der Waals surface area contributed by atoms with E-state index in [4.69, 9.17) is 5.26 Å². The first-order valence-electron chi connectivity index (χ1n) is 8.19. The van der Waals surface area contributed by atoms with Crippen LogP contribution in [0.1, 0.15) is 44.1 Å². The molecule has 0 atom stereocenters. The summed E-state index contributed by atoms with van der Waals surface area (Å²) in [6, 6.07) is 5.60. The normalized spacial score (nSPS) is 35.3. The largest absolute Gasteiger partial charge is 0.298 e. The first kappa shape index (κ1) is 14.3. The molecule has 4 fully saturated rings. The maximum absolute atomic E-state index is 12.9. The highest BCUT2D eigenvalue weighted by Crippen LogP contribution is 2.60. The van der Waals surface area contributed by atoms with Crippen molar-refractivity contribution in [3.8, 4) is 6.07 Å². The van der Waals surface area contributed by atoms with E-state index in [2.05, 4.69) is 11.1 Å². The highest BCUT2D eigenvalue weighted by molar-refractivity contribution is 7.99. The molecule has 0 saturated heterocycles. The van der Waals surface area contributed by atoms with E-state index < -0.39 is 0 Å². The van der Waals surface area contributed by atoms with Gasteiger partial charge in [0, 0.05) is 11.6 Å². The van der Waals surface area contributed by atoms with Gasteiger partial charge in [-0.1, -0.05) is 11.8 Å². The Morgan fingerprint density at radius 2 is 1.91 bits per heavy atom. The van der Waals surface area contributed by atoms with E-state index in [0.29, 0.717) is 17.1 Å². The molecule has 0 N–H and O–H groups in total. The molecule has 0 unspecified atom stereocenters. The summed E-state index contributed by atoms with van der Waals surface area (Å²) >= 11 is 1.50. The van der Waals surface area contributed by atoms with E-state index in [1.165, 1.54) is 31.0 Å². The van der Waals surface area contributed by atoms with Crippen LogP contribution in [0.3, 0.4) is 0 Å². The molecule has 0 amide bonds. The van der Waals surface area contributed by atoms with Gasteiger partial charge in [0.2, 0.25) is 0 Å². The van der Waals surface area contributed by atoms with E-state index in [1.54, 1.807) is 18.3 Å². The molecule has 0 aromatic carbocycles. The Bertz CT molecular complexity index is 613. The van der Waals surface area contributed by atoms with Crippen LogP contribution in [0.4, 0.5) is 0 Å². The molecule has 4 heteroatoms. The molecule has 4 aliphatic rings. The third kappa shape index (κ3) is 2.46. The summed E-state index contributed by atoms with van der Waals surface area (Å²) in [4.78, 5) is 17.2. The third-order valence-corrected chi connectivity index (χ3v) is 6.77. The second-order valence-corrected chi connectivity index (χ2v) is 8.40. The fraction of sp³-hybridized carbons (Fsp3) is 0.611. The van der Waals surface area contributed by atoms with Crippen molar-refractivity contribution < 1.29 is 4.79 Å². The van der Waals surface area contributed by atoms with Crippen molar-refractivity contribution in [3.05, 3.63) is 23.9 Å². The Hall–Kier alpha value is -1.34. The number of ketones is 1. The van der Waals surface area contributed by atoms with Crippen LogP contribution in [0, 0.1) is 34.5 Å². The van der Waals surface area contributed by atoms with Crippen LogP contribution in [0.5, 0.6) is 0 Å². The Morgan fingerprint density at radius 1 is 1.27 bits per heavy atom. The van der Waals surface area contributed by atoms with Crippen LogP contribution >= 0.6 is 11.8 Å². The van der Waals surface area contributed by atoms with Gasteiger partial charge in [0.25, 0.3) is 0 Å². The number of rotatable bonds is 4. The minimum absolute atomic E-state index is 0.0193. The van der Waals surface area contributed by atoms with Gasteiger partial charge in [0.15, 0.2) is 0 Å². The molecule has 1 heterocycles. The number of aromatic nitrogens is 1. The summed E-state index contributed by atoms with van der Waals surface area (Å²) in [6.07, 6.45) is 9.14. The summed E-state index contributed by atoms with van der Waals surface area (Å²) < 4.78 is 0. The minimum Gasteiger partial charge on any atom is -0.298 e. The van der Waals surface area contributed by atoms with Crippen LogP contribution in [-0.2, 0) is 4.79 Å². The van der Waals surface area contributed by atoms with Crippen molar-refractivity contribution in [3.63, 3.8) is 0 Å². The predicted octanol–water partition coefficient (Wildman–Crippen LogP) is 3.83. The Kier molecular flexibility index (Phi) is 3.49. The van der Waals surface area contributed by atoms with Gasteiger partial charge in [-0.3, -0.25) is 4.79 Å². The Morgan fingerprint density at radius 3 is 2.50 bits per heavy atom. The van der Waals surface area contributed by atoms with Crippen molar-refractivity contribution >= 4 is 17.5 Å². The van der Waals surface area contributed by atoms with Crippen LogP contribution in [0.25, 0.3) is 0 Å². The Labute approximate surface area is 135 Å². The molecule has 3 nitrogen and oxygen atoms in total. The number of carbonyl (C=O) groups excluding carboxylic acids is 1. The molecule has 4 bridgehead atoms. The van der Waals surface area contributed by atoms with Gasteiger partial charge in [-0.25, -0.2) is 4.98 Å². The van der Waals surface area contributed by atoms with Gasteiger partial charge in [0.05, 0.1) is 22.4 Å². The van der Waals surface area contributed by atoms with Gasteiger partial charge in [0.1, 0.15) is 5.78 Å². The molecule has 22 heavy (non-hydrogen) atoms. The predicted molar refractivity (Wildman–Crippen MR) is 85.3 cm³/mol. The molecular formula is C18H20N2OS. The molecule has 0 spiro atoms. The summed E-state index contributed by atoms with van der Waals surface area (Å²) in [6.45, 7) is 0. The maximum Gasteiger partial charge on any atom is 0.149 e. The van der Waals surface area contributed by atoms with Crippen LogP contribution < -0.4 is 0 Å². The second kappa shape index (κ2) is 5.38. The summed E-state index contributed by atoms with van der Waals surface area (Å²) in [7, 11) is 0. The lowest BCUT2D eigenvalue weighted by molar-refractivity contribution is -0.141. The highest BCUT2D eigenvalue weighted by Gasteiger charge is 2.53. The zero-order valence-electron chi connectivity index (χ0n) is 12.6. The standard InChI is InChI=1S/C18H20N2OS/c19-10-12-1-2-20-17(6-12)22-11-16(21)18-7-13-3-14(8-18)5-15(4-13)9-18/h1-2,6,13-15H,3-5,7-9,11H2. The zero-order valence-corrected chi connectivity index (χ0v) is 13.4. The number of nitriles is 1. The van der Waals surface area contributed by atoms with Crippen molar-refractivity contribution in [1.29, 1.82) is 5.26 Å². The van der Waals surface area contributed by atoms with Crippen molar-refractivity contribution in [2.24, 2.45) is 23.2 Å². The average molecular weight is 312 g/mol. The number of carbonyl (C=O) groups is 1. The van der Waals surface area contributed by atoms with Crippen LogP contribution in [-0.4, -0.2) is 16.5 Å². The number of Topliss-reactive ketones (excluding diaryl/α,β-unsaturated/α-hetero) is 1. The summed E-state index contributed by atoms with van der Waals surface area (Å²) in [5.41, 5.74) is 0.592. The number of hydrogen-bond acceptors (Lipinski definition) is 4. The maximum atomic E-state index is 12.9. The number of pyridine rings is 1. The number of thioether (sulfide) groups is 1.